The maximum atomic E-state index is 12.3. The Kier molecular flexibility index (Phi) is 5.96. The number of carbonyl (C=O) groups excluding carboxylic acids is 1. The highest BCUT2D eigenvalue weighted by atomic mass is 16.5. The molecule has 1 aliphatic heterocycles. The van der Waals surface area contributed by atoms with Gasteiger partial charge in [0, 0.05) is 31.4 Å². The van der Waals surface area contributed by atoms with E-state index in [0.29, 0.717) is 19.4 Å². The highest BCUT2D eigenvalue weighted by Gasteiger charge is 2.23. The fraction of sp³-hybridized carbons (Fsp3) is 0.400. The summed E-state index contributed by atoms with van der Waals surface area (Å²) in [4.78, 5) is 18.5. The second kappa shape index (κ2) is 8.60. The van der Waals surface area contributed by atoms with Gasteiger partial charge in [-0.1, -0.05) is 36.4 Å². The smallest absolute Gasteiger partial charge is 0.222 e. The zero-order valence-electron chi connectivity index (χ0n) is 13.9. The number of hydrogen-bond acceptors (Lipinski definition) is 3. The Morgan fingerprint density at radius 3 is 2.54 bits per heavy atom. The van der Waals surface area contributed by atoms with E-state index in [1.165, 1.54) is 5.56 Å². The standard InChI is InChI=1S/C20H24N2O2/c23-20(10-9-18-8-4-5-13-21-18)22-14-11-19(12-15-22)24-16-17-6-2-1-3-7-17/h1-8,13,19H,9-12,14-16H2. The molecule has 2 heterocycles. The van der Waals surface area contributed by atoms with Crippen LogP contribution in [0.5, 0.6) is 0 Å². The summed E-state index contributed by atoms with van der Waals surface area (Å²) in [6.45, 7) is 2.24. The molecule has 1 aromatic carbocycles. The number of hydrogen-bond donors (Lipinski definition) is 0. The molecule has 3 rings (SSSR count). The Hall–Kier alpha value is -2.20. The molecule has 0 N–H and O–H groups in total. The predicted molar refractivity (Wildman–Crippen MR) is 93.4 cm³/mol. The SMILES string of the molecule is O=C(CCc1ccccn1)N1CCC(OCc2ccccc2)CC1. The minimum atomic E-state index is 0.224. The molecular formula is C20H24N2O2. The van der Waals surface area contributed by atoms with Gasteiger partial charge < -0.3 is 9.64 Å². The van der Waals surface area contributed by atoms with E-state index in [1.54, 1.807) is 6.20 Å². The molecule has 0 spiro atoms. The highest BCUT2D eigenvalue weighted by Crippen LogP contribution is 2.17. The molecule has 0 radical (unpaired) electrons. The van der Waals surface area contributed by atoms with E-state index in [9.17, 15) is 4.79 Å². The van der Waals surface area contributed by atoms with Crippen LogP contribution >= 0.6 is 0 Å². The Bertz CT molecular complexity index is 623. The lowest BCUT2D eigenvalue weighted by atomic mass is 10.1. The number of piperidine rings is 1. The van der Waals surface area contributed by atoms with E-state index in [2.05, 4.69) is 17.1 Å². The molecule has 2 aromatic rings. The number of likely N-dealkylation sites (tertiary alicyclic amines) is 1. The quantitative estimate of drug-likeness (QED) is 0.819. The number of aryl methyl sites for hydroxylation is 1. The van der Waals surface area contributed by atoms with Gasteiger partial charge in [-0.15, -0.1) is 0 Å². The summed E-state index contributed by atoms with van der Waals surface area (Å²) in [5.74, 6) is 0.224. The van der Waals surface area contributed by atoms with E-state index in [-0.39, 0.29) is 12.0 Å². The van der Waals surface area contributed by atoms with E-state index in [1.807, 2.05) is 41.3 Å². The van der Waals surface area contributed by atoms with Gasteiger partial charge in [0.1, 0.15) is 0 Å². The topological polar surface area (TPSA) is 42.4 Å². The number of aromatic nitrogens is 1. The number of pyridine rings is 1. The van der Waals surface area contributed by atoms with Gasteiger partial charge in [0.15, 0.2) is 0 Å². The van der Waals surface area contributed by atoms with Crippen molar-refractivity contribution in [3.8, 4) is 0 Å². The second-order valence-electron chi connectivity index (χ2n) is 6.20. The number of rotatable bonds is 6. The summed E-state index contributed by atoms with van der Waals surface area (Å²) >= 11 is 0. The highest BCUT2D eigenvalue weighted by molar-refractivity contribution is 5.76. The van der Waals surface area contributed by atoms with E-state index >= 15 is 0 Å². The van der Waals surface area contributed by atoms with Gasteiger partial charge in [-0.25, -0.2) is 0 Å². The third-order valence-electron chi connectivity index (χ3n) is 4.44. The summed E-state index contributed by atoms with van der Waals surface area (Å²) in [6.07, 6.45) is 5.11. The third-order valence-corrected chi connectivity index (χ3v) is 4.44. The molecule has 1 saturated heterocycles. The van der Waals surface area contributed by atoms with Gasteiger partial charge in [-0.05, 0) is 37.0 Å². The van der Waals surface area contributed by atoms with Gasteiger partial charge >= 0.3 is 0 Å². The number of nitrogens with zero attached hydrogens (tertiary/aromatic N) is 2. The number of amides is 1. The first-order valence-electron chi connectivity index (χ1n) is 8.64. The van der Waals surface area contributed by atoms with Crippen molar-refractivity contribution in [1.29, 1.82) is 0 Å². The van der Waals surface area contributed by atoms with E-state index in [0.717, 1.165) is 31.6 Å². The summed E-state index contributed by atoms with van der Waals surface area (Å²) < 4.78 is 5.98. The van der Waals surface area contributed by atoms with Crippen molar-refractivity contribution in [3.05, 3.63) is 66.0 Å². The maximum absolute atomic E-state index is 12.3. The van der Waals surface area contributed by atoms with Crippen LogP contribution in [-0.2, 0) is 22.6 Å². The van der Waals surface area contributed by atoms with Crippen molar-refractivity contribution in [2.45, 2.75) is 38.4 Å². The first kappa shape index (κ1) is 16.7. The molecule has 1 aromatic heterocycles. The number of benzene rings is 1. The molecule has 126 valence electrons. The van der Waals surface area contributed by atoms with Crippen LogP contribution in [0.2, 0.25) is 0 Å². The minimum Gasteiger partial charge on any atom is -0.373 e. The van der Waals surface area contributed by atoms with Crippen LogP contribution in [0.1, 0.15) is 30.5 Å². The monoisotopic (exact) mass is 324 g/mol. The summed E-state index contributed by atoms with van der Waals surface area (Å²) in [6, 6.07) is 16.1. The molecule has 0 saturated carbocycles. The van der Waals surface area contributed by atoms with Crippen molar-refractivity contribution in [2.24, 2.45) is 0 Å². The summed E-state index contributed by atoms with van der Waals surface area (Å²) in [5, 5.41) is 0. The predicted octanol–water partition coefficient (Wildman–Crippen LogP) is 3.22. The van der Waals surface area contributed by atoms with E-state index < -0.39 is 0 Å². The zero-order chi connectivity index (χ0) is 16.6. The molecule has 24 heavy (non-hydrogen) atoms. The van der Waals surface area contributed by atoms with Crippen molar-refractivity contribution in [3.63, 3.8) is 0 Å². The van der Waals surface area contributed by atoms with Crippen molar-refractivity contribution in [1.82, 2.24) is 9.88 Å². The Balaban J connectivity index is 1.37. The lowest BCUT2D eigenvalue weighted by Crippen LogP contribution is -2.41. The Labute approximate surface area is 143 Å². The van der Waals surface area contributed by atoms with Crippen LogP contribution in [0.15, 0.2) is 54.7 Å². The average molecular weight is 324 g/mol. The van der Waals surface area contributed by atoms with Gasteiger partial charge in [0.2, 0.25) is 5.91 Å². The fourth-order valence-corrected chi connectivity index (χ4v) is 3.00. The molecule has 0 unspecified atom stereocenters. The van der Waals surface area contributed by atoms with Crippen molar-refractivity contribution in [2.75, 3.05) is 13.1 Å². The fourth-order valence-electron chi connectivity index (χ4n) is 3.00. The van der Waals surface area contributed by atoms with E-state index in [4.69, 9.17) is 4.74 Å². The van der Waals surface area contributed by atoms with Crippen LogP contribution in [0.25, 0.3) is 0 Å². The molecule has 4 nitrogen and oxygen atoms in total. The lowest BCUT2D eigenvalue weighted by Gasteiger charge is -2.32. The molecule has 0 aliphatic carbocycles. The molecule has 1 amide bonds. The summed E-state index contributed by atoms with van der Waals surface area (Å²) in [7, 11) is 0. The minimum absolute atomic E-state index is 0.224. The van der Waals surface area contributed by atoms with Crippen LogP contribution in [-0.4, -0.2) is 35.0 Å². The van der Waals surface area contributed by atoms with Gasteiger partial charge in [0.25, 0.3) is 0 Å². The normalized spacial score (nSPS) is 15.4. The Morgan fingerprint density at radius 2 is 1.83 bits per heavy atom. The zero-order valence-corrected chi connectivity index (χ0v) is 13.9. The first-order chi connectivity index (χ1) is 11.8. The molecule has 1 fully saturated rings. The van der Waals surface area contributed by atoms with Crippen molar-refractivity contribution < 1.29 is 9.53 Å². The summed E-state index contributed by atoms with van der Waals surface area (Å²) in [5.41, 5.74) is 2.18. The van der Waals surface area contributed by atoms with Crippen molar-refractivity contribution >= 4 is 5.91 Å². The van der Waals surface area contributed by atoms with Crippen LogP contribution in [0, 0.1) is 0 Å². The molecule has 1 aliphatic rings. The molecule has 0 atom stereocenters. The molecule has 4 heteroatoms. The third kappa shape index (κ3) is 4.90. The van der Waals surface area contributed by atoms with Crippen LogP contribution < -0.4 is 0 Å². The number of ether oxygens (including phenoxy) is 1. The maximum Gasteiger partial charge on any atom is 0.222 e. The van der Waals surface area contributed by atoms with Crippen LogP contribution in [0.3, 0.4) is 0 Å². The van der Waals surface area contributed by atoms with Gasteiger partial charge in [-0.2, -0.15) is 0 Å². The lowest BCUT2D eigenvalue weighted by molar-refractivity contribution is -0.134. The molecule has 0 bridgehead atoms. The largest absolute Gasteiger partial charge is 0.373 e. The Morgan fingerprint density at radius 1 is 1.08 bits per heavy atom. The number of carbonyl (C=O) groups is 1. The average Bonchev–Trinajstić information content (AvgIpc) is 2.66. The van der Waals surface area contributed by atoms with Gasteiger partial charge in [-0.3, -0.25) is 9.78 Å². The molecular weight excluding hydrogens is 300 g/mol. The van der Waals surface area contributed by atoms with Crippen LogP contribution in [0.4, 0.5) is 0 Å². The second-order valence-corrected chi connectivity index (χ2v) is 6.20. The van der Waals surface area contributed by atoms with Gasteiger partial charge in [0.05, 0.1) is 12.7 Å². The first-order valence-corrected chi connectivity index (χ1v) is 8.64.